The van der Waals surface area contributed by atoms with E-state index < -0.39 is 6.29 Å². The lowest BCUT2D eigenvalue weighted by Crippen LogP contribution is -2.32. The molecule has 0 spiro atoms. The van der Waals surface area contributed by atoms with E-state index in [1.165, 1.54) is 0 Å². The summed E-state index contributed by atoms with van der Waals surface area (Å²) in [6.45, 7) is 1.48. The Kier molecular flexibility index (Phi) is 8.58. The van der Waals surface area contributed by atoms with Crippen LogP contribution in [0.2, 0.25) is 0 Å². The Balaban J connectivity index is 1.45. The minimum Gasteiger partial charge on any atom is -0.493 e. The second kappa shape index (κ2) is 11.6. The first-order chi connectivity index (χ1) is 15.5. The van der Waals surface area contributed by atoms with Gasteiger partial charge in [-0.15, -0.1) is 0 Å². The van der Waals surface area contributed by atoms with Crippen molar-refractivity contribution in [3.63, 3.8) is 0 Å². The lowest BCUT2D eigenvalue weighted by molar-refractivity contribution is -0.130. The first kappa shape index (κ1) is 23.7. The monoisotopic (exact) mass is 445 g/mol. The third-order valence-corrected chi connectivity index (χ3v) is 5.50. The van der Waals surface area contributed by atoms with Crippen molar-refractivity contribution in [2.45, 2.75) is 25.7 Å². The molecule has 8 nitrogen and oxygen atoms in total. The van der Waals surface area contributed by atoms with Crippen LogP contribution in [0.3, 0.4) is 0 Å². The second-order valence-electron chi connectivity index (χ2n) is 7.58. The predicted octanol–water partition coefficient (Wildman–Crippen LogP) is 3.25. The second-order valence-corrected chi connectivity index (χ2v) is 7.58. The number of benzene rings is 2. The molecule has 1 heterocycles. The molecule has 0 saturated carbocycles. The Bertz CT molecular complexity index is 849. The molecule has 1 amide bonds. The number of aliphatic hydroxyl groups is 1. The lowest BCUT2D eigenvalue weighted by Gasteiger charge is -2.20. The van der Waals surface area contributed by atoms with Crippen molar-refractivity contribution in [2.24, 2.45) is 5.92 Å². The Labute approximate surface area is 188 Å². The molecule has 174 valence electrons. The number of hydrogen-bond acceptors (Lipinski definition) is 7. The number of rotatable bonds is 10. The summed E-state index contributed by atoms with van der Waals surface area (Å²) in [7, 11) is 4.69. The van der Waals surface area contributed by atoms with E-state index in [9.17, 15) is 9.90 Å². The molecule has 0 aliphatic carbocycles. The Morgan fingerprint density at radius 1 is 1.06 bits per heavy atom. The van der Waals surface area contributed by atoms with Gasteiger partial charge in [0.15, 0.2) is 17.8 Å². The number of aliphatic hydroxyl groups excluding tert-OH is 1. The SMILES string of the molecule is COc1cc(CCOC(O)C2CCN(C(=O)OCc3ccccc3)C2)cc(OC)c1OC. The van der Waals surface area contributed by atoms with Crippen LogP contribution in [0, 0.1) is 5.92 Å². The fourth-order valence-corrected chi connectivity index (χ4v) is 3.71. The predicted molar refractivity (Wildman–Crippen MR) is 118 cm³/mol. The minimum absolute atomic E-state index is 0.154. The van der Waals surface area contributed by atoms with Crippen molar-refractivity contribution >= 4 is 6.09 Å². The summed E-state index contributed by atoms with van der Waals surface area (Å²) in [5, 5.41) is 10.4. The van der Waals surface area contributed by atoms with Crippen molar-refractivity contribution < 1.29 is 33.6 Å². The van der Waals surface area contributed by atoms with Crippen LogP contribution < -0.4 is 14.2 Å². The molecule has 3 rings (SSSR count). The molecule has 1 saturated heterocycles. The molecule has 1 fully saturated rings. The summed E-state index contributed by atoms with van der Waals surface area (Å²) >= 11 is 0. The van der Waals surface area contributed by atoms with E-state index in [0.717, 1.165) is 11.1 Å². The maximum atomic E-state index is 12.3. The Hall–Kier alpha value is -2.97. The molecule has 8 heteroatoms. The van der Waals surface area contributed by atoms with Gasteiger partial charge in [0, 0.05) is 19.0 Å². The summed E-state index contributed by atoms with van der Waals surface area (Å²) in [6.07, 6.45) is -0.111. The van der Waals surface area contributed by atoms with Gasteiger partial charge < -0.3 is 33.7 Å². The molecule has 32 heavy (non-hydrogen) atoms. The van der Waals surface area contributed by atoms with E-state index >= 15 is 0 Å². The van der Waals surface area contributed by atoms with Gasteiger partial charge >= 0.3 is 6.09 Å². The molecule has 0 radical (unpaired) electrons. The van der Waals surface area contributed by atoms with Crippen LogP contribution in [0.5, 0.6) is 17.2 Å². The van der Waals surface area contributed by atoms with Crippen LogP contribution in [0.15, 0.2) is 42.5 Å². The summed E-state index contributed by atoms with van der Waals surface area (Å²) in [5.41, 5.74) is 1.87. The zero-order valence-electron chi connectivity index (χ0n) is 18.8. The quantitative estimate of drug-likeness (QED) is 0.562. The van der Waals surface area contributed by atoms with Gasteiger partial charge in [-0.25, -0.2) is 4.79 Å². The third kappa shape index (κ3) is 6.05. The average Bonchev–Trinajstić information content (AvgIpc) is 3.33. The molecule has 0 bridgehead atoms. The number of methoxy groups -OCH3 is 3. The minimum atomic E-state index is -0.955. The molecule has 1 aliphatic rings. The van der Waals surface area contributed by atoms with Crippen LogP contribution in [0.1, 0.15) is 17.5 Å². The summed E-state index contributed by atoms with van der Waals surface area (Å²) in [5.74, 6) is 1.52. The molecular weight excluding hydrogens is 414 g/mol. The van der Waals surface area contributed by atoms with Gasteiger partial charge in [-0.1, -0.05) is 30.3 Å². The zero-order valence-corrected chi connectivity index (χ0v) is 18.8. The van der Waals surface area contributed by atoms with Crippen molar-refractivity contribution in [3.8, 4) is 17.2 Å². The van der Waals surface area contributed by atoms with E-state index in [4.69, 9.17) is 23.7 Å². The van der Waals surface area contributed by atoms with Crippen LogP contribution in [-0.2, 0) is 22.5 Å². The highest BCUT2D eigenvalue weighted by atomic mass is 16.6. The van der Waals surface area contributed by atoms with Crippen LogP contribution >= 0.6 is 0 Å². The molecule has 2 aromatic rings. The fraction of sp³-hybridized carbons (Fsp3) is 0.458. The van der Waals surface area contributed by atoms with Crippen molar-refractivity contribution in [1.82, 2.24) is 4.90 Å². The molecule has 2 atom stereocenters. The number of carbonyl (C=O) groups excluding carboxylic acids is 1. The number of hydrogen-bond donors (Lipinski definition) is 1. The van der Waals surface area contributed by atoms with Crippen LogP contribution in [-0.4, -0.2) is 63.4 Å². The fourth-order valence-electron chi connectivity index (χ4n) is 3.71. The third-order valence-electron chi connectivity index (χ3n) is 5.50. The van der Waals surface area contributed by atoms with E-state index in [-0.39, 0.29) is 18.6 Å². The van der Waals surface area contributed by atoms with Crippen molar-refractivity contribution in [2.75, 3.05) is 41.0 Å². The summed E-state index contributed by atoms with van der Waals surface area (Å²) < 4.78 is 27.1. The first-order valence-corrected chi connectivity index (χ1v) is 10.6. The van der Waals surface area contributed by atoms with Gasteiger partial charge in [0.05, 0.1) is 27.9 Å². The van der Waals surface area contributed by atoms with Crippen LogP contribution in [0.4, 0.5) is 4.79 Å². The lowest BCUT2D eigenvalue weighted by atomic mass is 10.1. The van der Waals surface area contributed by atoms with Gasteiger partial charge in [0.1, 0.15) is 6.61 Å². The van der Waals surface area contributed by atoms with Gasteiger partial charge in [-0.05, 0) is 36.1 Å². The Morgan fingerprint density at radius 2 is 1.75 bits per heavy atom. The average molecular weight is 446 g/mol. The molecule has 1 N–H and O–H groups in total. The van der Waals surface area contributed by atoms with E-state index in [0.29, 0.717) is 49.8 Å². The van der Waals surface area contributed by atoms with E-state index in [1.54, 1.807) is 26.2 Å². The largest absolute Gasteiger partial charge is 0.493 e. The van der Waals surface area contributed by atoms with Gasteiger partial charge in [0.2, 0.25) is 5.75 Å². The highest BCUT2D eigenvalue weighted by molar-refractivity contribution is 5.68. The Morgan fingerprint density at radius 3 is 2.38 bits per heavy atom. The van der Waals surface area contributed by atoms with Crippen molar-refractivity contribution in [3.05, 3.63) is 53.6 Å². The molecule has 0 aromatic heterocycles. The summed E-state index contributed by atoms with van der Waals surface area (Å²) in [6, 6.07) is 13.3. The number of nitrogens with zero attached hydrogens (tertiary/aromatic N) is 1. The smallest absolute Gasteiger partial charge is 0.410 e. The maximum absolute atomic E-state index is 12.3. The first-order valence-electron chi connectivity index (χ1n) is 10.6. The molecule has 1 aliphatic heterocycles. The maximum Gasteiger partial charge on any atom is 0.410 e. The van der Waals surface area contributed by atoms with Gasteiger partial charge in [-0.2, -0.15) is 0 Å². The van der Waals surface area contributed by atoms with Gasteiger partial charge in [-0.3, -0.25) is 0 Å². The highest BCUT2D eigenvalue weighted by Crippen LogP contribution is 2.38. The topological polar surface area (TPSA) is 86.7 Å². The van der Waals surface area contributed by atoms with Crippen LogP contribution in [0.25, 0.3) is 0 Å². The highest BCUT2D eigenvalue weighted by Gasteiger charge is 2.32. The number of carbonyl (C=O) groups is 1. The normalized spacial score (nSPS) is 16.5. The zero-order chi connectivity index (χ0) is 22.9. The molecule has 2 aromatic carbocycles. The molecular formula is C24H31NO7. The number of likely N-dealkylation sites (tertiary alicyclic amines) is 1. The van der Waals surface area contributed by atoms with Crippen molar-refractivity contribution in [1.29, 1.82) is 0 Å². The number of ether oxygens (including phenoxy) is 5. The summed E-state index contributed by atoms with van der Waals surface area (Å²) in [4.78, 5) is 13.9. The van der Waals surface area contributed by atoms with E-state index in [2.05, 4.69) is 0 Å². The van der Waals surface area contributed by atoms with Gasteiger partial charge in [0.25, 0.3) is 0 Å². The van der Waals surface area contributed by atoms with E-state index in [1.807, 2.05) is 42.5 Å². The standard InChI is InChI=1S/C24H31NO7/c1-28-20-13-18(14-21(29-2)22(20)30-3)10-12-31-23(26)19-9-11-25(15-19)24(27)32-16-17-7-5-4-6-8-17/h4-8,13-14,19,23,26H,9-12,15-16H2,1-3H3. The molecule has 2 unspecified atom stereocenters. The number of amides is 1.